The maximum absolute atomic E-state index is 13.0. The minimum atomic E-state index is -0.406. The van der Waals surface area contributed by atoms with Crippen LogP contribution in [0, 0.1) is 6.92 Å². The molecule has 182 valence electrons. The number of tetrazole rings is 1. The third-order valence-electron chi connectivity index (χ3n) is 5.83. The van der Waals surface area contributed by atoms with Gasteiger partial charge in [-0.3, -0.25) is 19.5 Å². The number of nitrogens with zero attached hydrogens (tertiary/aromatic N) is 6. The molecule has 0 spiro atoms. The van der Waals surface area contributed by atoms with Crippen LogP contribution in [0.2, 0.25) is 0 Å². The normalized spacial score (nSPS) is 12.2. The smallest absolute Gasteiger partial charge is 0.327 e. The molecule has 0 aliphatic heterocycles. The number of aromatic amines is 1. The van der Waals surface area contributed by atoms with Crippen molar-refractivity contribution in [3.8, 4) is 0 Å². The van der Waals surface area contributed by atoms with Crippen LogP contribution >= 0.6 is 0 Å². The molecule has 35 heavy (non-hydrogen) atoms. The molecule has 0 fully saturated rings. The predicted molar refractivity (Wildman–Crippen MR) is 130 cm³/mol. The third-order valence-corrected chi connectivity index (χ3v) is 5.83. The average molecular weight is 476 g/mol. The Labute approximate surface area is 202 Å². The summed E-state index contributed by atoms with van der Waals surface area (Å²) in [5.41, 5.74) is 3.40. The van der Waals surface area contributed by atoms with Crippen molar-refractivity contribution in [2.45, 2.75) is 52.9 Å². The summed E-state index contributed by atoms with van der Waals surface area (Å²) in [7, 11) is 0. The Morgan fingerprint density at radius 3 is 2.80 bits per heavy atom. The number of aryl methyl sites for hydroxylation is 1. The van der Waals surface area contributed by atoms with Gasteiger partial charge in [0.1, 0.15) is 6.54 Å². The molecule has 1 aromatic carbocycles. The summed E-state index contributed by atoms with van der Waals surface area (Å²) >= 11 is 0. The fourth-order valence-electron chi connectivity index (χ4n) is 4.21. The Morgan fingerprint density at radius 2 is 2.06 bits per heavy atom. The van der Waals surface area contributed by atoms with E-state index in [1.54, 1.807) is 19.3 Å². The first kappa shape index (κ1) is 24.2. The summed E-state index contributed by atoms with van der Waals surface area (Å²) in [6.45, 7) is 6.88. The number of rotatable bonds is 10. The van der Waals surface area contributed by atoms with E-state index >= 15 is 0 Å². The topological polar surface area (TPSA) is 119 Å². The molecule has 0 bridgehead atoms. The van der Waals surface area contributed by atoms with Crippen molar-refractivity contribution in [1.29, 1.82) is 0 Å². The molecule has 0 amide bonds. The molecule has 0 radical (unpaired) electrons. The fraction of sp³-hybridized carbons (Fsp3) is 0.360. The van der Waals surface area contributed by atoms with Gasteiger partial charge in [0, 0.05) is 36.6 Å². The molecule has 4 aromatic rings. The number of aromatic nitrogens is 6. The highest BCUT2D eigenvalue weighted by Crippen LogP contribution is 2.26. The van der Waals surface area contributed by atoms with Gasteiger partial charge in [0.15, 0.2) is 5.82 Å². The SMILES string of the molecule is CCOC(=O)Cn1nnnc1C(CC)N(Cc1cccnc1)Cc1cc2cc(C)ccc2[nH]c1=O. The molecule has 3 heterocycles. The van der Waals surface area contributed by atoms with E-state index in [1.807, 2.05) is 44.2 Å². The number of esters is 1. The van der Waals surface area contributed by atoms with Crippen molar-refractivity contribution in [3.05, 3.63) is 81.7 Å². The molecule has 4 rings (SSSR count). The molecular formula is C25H29N7O3. The van der Waals surface area contributed by atoms with Crippen LogP contribution in [0.4, 0.5) is 0 Å². The summed E-state index contributed by atoms with van der Waals surface area (Å²) < 4.78 is 6.55. The van der Waals surface area contributed by atoms with Gasteiger partial charge in [-0.15, -0.1) is 5.10 Å². The Balaban J connectivity index is 1.71. The van der Waals surface area contributed by atoms with E-state index in [2.05, 4.69) is 36.5 Å². The van der Waals surface area contributed by atoms with Gasteiger partial charge in [-0.2, -0.15) is 0 Å². The van der Waals surface area contributed by atoms with Crippen LogP contribution in [0.3, 0.4) is 0 Å². The molecule has 1 atom stereocenters. The Kier molecular flexibility index (Phi) is 7.61. The first-order valence-electron chi connectivity index (χ1n) is 11.7. The second kappa shape index (κ2) is 11.0. The van der Waals surface area contributed by atoms with Gasteiger partial charge in [-0.25, -0.2) is 4.68 Å². The van der Waals surface area contributed by atoms with Crippen molar-refractivity contribution in [2.75, 3.05) is 6.61 Å². The lowest BCUT2D eigenvalue weighted by molar-refractivity contribution is -0.144. The van der Waals surface area contributed by atoms with E-state index in [9.17, 15) is 9.59 Å². The van der Waals surface area contributed by atoms with Crippen LogP contribution < -0.4 is 5.56 Å². The molecule has 10 nitrogen and oxygen atoms in total. The average Bonchev–Trinajstić information content (AvgIpc) is 3.28. The zero-order chi connectivity index (χ0) is 24.8. The molecule has 0 aliphatic carbocycles. The lowest BCUT2D eigenvalue weighted by atomic mass is 10.1. The van der Waals surface area contributed by atoms with Crippen LogP contribution in [-0.2, 0) is 29.2 Å². The van der Waals surface area contributed by atoms with Gasteiger partial charge in [0.05, 0.1) is 12.6 Å². The monoisotopic (exact) mass is 475 g/mol. The summed E-state index contributed by atoms with van der Waals surface area (Å²) in [6, 6.07) is 11.5. The van der Waals surface area contributed by atoms with Gasteiger partial charge in [-0.05, 0) is 65.9 Å². The highest BCUT2D eigenvalue weighted by atomic mass is 16.5. The molecule has 1 unspecified atom stereocenters. The quantitative estimate of drug-likeness (QED) is 0.348. The van der Waals surface area contributed by atoms with Crippen LogP contribution in [0.1, 0.15) is 48.8 Å². The summed E-state index contributed by atoms with van der Waals surface area (Å²) in [5, 5.41) is 13.0. The van der Waals surface area contributed by atoms with Crippen molar-refractivity contribution in [1.82, 2.24) is 35.1 Å². The number of ether oxygens (including phenoxy) is 1. The van der Waals surface area contributed by atoms with Gasteiger partial charge in [0.2, 0.25) is 0 Å². The highest BCUT2D eigenvalue weighted by molar-refractivity contribution is 5.79. The minimum absolute atomic E-state index is 0.0801. The van der Waals surface area contributed by atoms with Crippen LogP contribution in [-0.4, -0.2) is 47.7 Å². The van der Waals surface area contributed by atoms with Gasteiger partial charge in [0.25, 0.3) is 5.56 Å². The van der Waals surface area contributed by atoms with E-state index in [0.717, 1.165) is 22.0 Å². The summed E-state index contributed by atoms with van der Waals surface area (Å²) in [4.78, 5) is 34.5. The van der Waals surface area contributed by atoms with E-state index < -0.39 is 5.97 Å². The number of hydrogen-bond donors (Lipinski definition) is 1. The second-order valence-electron chi connectivity index (χ2n) is 8.40. The Bertz CT molecular complexity index is 1350. The van der Waals surface area contributed by atoms with E-state index in [1.165, 1.54) is 4.68 Å². The zero-order valence-corrected chi connectivity index (χ0v) is 20.1. The van der Waals surface area contributed by atoms with Crippen LogP contribution in [0.15, 0.2) is 53.6 Å². The number of benzene rings is 1. The first-order chi connectivity index (χ1) is 17.0. The van der Waals surface area contributed by atoms with Gasteiger partial charge in [-0.1, -0.05) is 24.6 Å². The fourth-order valence-corrected chi connectivity index (χ4v) is 4.21. The van der Waals surface area contributed by atoms with Crippen molar-refractivity contribution in [2.24, 2.45) is 0 Å². The molecule has 0 saturated carbocycles. The van der Waals surface area contributed by atoms with Crippen molar-refractivity contribution < 1.29 is 9.53 Å². The summed E-state index contributed by atoms with van der Waals surface area (Å²) in [6.07, 6.45) is 4.19. The number of carbonyl (C=O) groups excluding carboxylic acids is 1. The molecule has 10 heteroatoms. The largest absolute Gasteiger partial charge is 0.465 e. The number of H-pyrrole nitrogens is 1. The minimum Gasteiger partial charge on any atom is -0.465 e. The number of nitrogens with one attached hydrogen (secondary N) is 1. The molecule has 0 saturated heterocycles. The molecule has 1 N–H and O–H groups in total. The number of hydrogen-bond acceptors (Lipinski definition) is 8. The highest BCUT2D eigenvalue weighted by Gasteiger charge is 2.27. The molecule has 3 aromatic heterocycles. The number of pyridine rings is 2. The number of fused-ring (bicyclic) bond motifs is 1. The lowest BCUT2D eigenvalue weighted by Crippen LogP contribution is -2.33. The lowest BCUT2D eigenvalue weighted by Gasteiger charge is -2.30. The standard InChI is InChI=1S/C25H29N7O3/c1-4-22(24-28-29-30-32(24)16-23(33)35-5-2)31(14-18-7-6-10-26-13-18)15-20-12-19-11-17(3)8-9-21(19)27-25(20)34/h6-13,22H,4-5,14-16H2,1-3H3,(H,27,34). The summed E-state index contributed by atoms with van der Waals surface area (Å²) in [5.74, 6) is 0.133. The zero-order valence-electron chi connectivity index (χ0n) is 20.1. The second-order valence-corrected chi connectivity index (χ2v) is 8.40. The predicted octanol–water partition coefficient (Wildman–Crippen LogP) is 2.93. The maximum atomic E-state index is 13.0. The maximum Gasteiger partial charge on any atom is 0.327 e. The Morgan fingerprint density at radius 1 is 1.20 bits per heavy atom. The van der Waals surface area contributed by atoms with E-state index in [0.29, 0.717) is 30.9 Å². The molecule has 0 aliphatic rings. The van der Waals surface area contributed by atoms with E-state index in [4.69, 9.17) is 4.74 Å². The molecular weight excluding hydrogens is 446 g/mol. The number of carbonyl (C=O) groups is 1. The van der Waals surface area contributed by atoms with Crippen molar-refractivity contribution in [3.63, 3.8) is 0 Å². The van der Waals surface area contributed by atoms with Crippen LogP contribution in [0.5, 0.6) is 0 Å². The Hall–Kier alpha value is -3.92. The third kappa shape index (κ3) is 5.78. The van der Waals surface area contributed by atoms with E-state index in [-0.39, 0.29) is 24.8 Å². The van der Waals surface area contributed by atoms with Crippen molar-refractivity contribution >= 4 is 16.9 Å². The van der Waals surface area contributed by atoms with Crippen LogP contribution in [0.25, 0.3) is 10.9 Å². The van der Waals surface area contributed by atoms with Gasteiger partial charge < -0.3 is 9.72 Å². The van der Waals surface area contributed by atoms with Gasteiger partial charge >= 0.3 is 5.97 Å². The first-order valence-corrected chi connectivity index (χ1v) is 11.7.